The summed E-state index contributed by atoms with van der Waals surface area (Å²) in [5, 5.41) is 12.8. The van der Waals surface area contributed by atoms with Gasteiger partial charge in [-0.1, -0.05) is 11.6 Å². The van der Waals surface area contributed by atoms with Gasteiger partial charge in [0.05, 0.1) is 11.6 Å². The van der Waals surface area contributed by atoms with Gasteiger partial charge in [-0.05, 0) is 40.3 Å². The van der Waals surface area contributed by atoms with E-state index in [9.17, 15) is 0 Å². The summed E-state index contributed by atoms with van der Waals surface area (Å²) in [7, 11) is 0. The van der Waals surface area contributed by atoms with E-state index in [1.807, 2.05) is 17.5 Å². The van der Waals surface area contributed by atoms with Crippen molar-refractivity contribution in [2.45, 2.75) is 6.61 Å². The lowest BCUT2D eigenvalue weighted by atomic mass is 10.2. The van der Waals surface area contributed by atoms with E-state index in [2.05, 4.69) is 22.6 Å². The summed E-state index contributed by atoms with van der Waals surface area (Å²) in [6.07, 6.45) is 0. The lowest BCUT2D eigenvalue weighted by molar-refractivity contribution is 0.281. The summed E-state index contributed by atoms with van der Waals surface area (Å²) in [5.74, 6) is 0. The van der Waals surface area contributed by atoms with Gasteiger partial charge in [0.1, 0.15) is 0 Å². The van der Waals surface area contributed by atoms with Crippen LogP contribution in [0, 0.1) is 3.57 Å². The lowest BCUT2D eigenvalue weighted by Crippen LogP contribution is -1.86. The molecule has 68 valence electrons. The van der Waals surface area contributed by atoms with Crippen molar-refractivity contribution in [3.05, 3.63) is 31.7 Å². The Bertz CT molecular complexity index is 452. The second kappa shape index (κ2) is 3.73. The van der Waals surface area contributed by atoms with Crippen LogP contribution in [0.1, 0.15) is 5.56 Å². The van der Waals surface area contributed by atoms with E-state index < -0.39 is 0 Å². The highest BCUT2D eigenvalue weighted by Gasteiger charge is 2.05. The van der Waals surface area contributed by atoms with Crippen molar-refractivity contribution in [1.82, 2.24) is 0 Å². The first kappa shape index (κ1) is 9.71. The standard InChI is InChI=1S/C9H6ClIOS/c10-7-4-13-9-1-5(3-12)8(11)2-6(7)9/h1-2,4,12H,3H2. The maximum atomic E-state index is 9.05. The first-order chi connectivity index (χ1) is 6.22. The number of aliphatic hydroxyl groups excluding tert-OH is 1. The Balaban J connectivity index is 2.76. The molecule has 0 aliphatic carbocycles. The van der Waals surface area contributed by atoms with Crippen LogP contribution in [0.3, 0.4) is 0 Å². The fourth-order valence-electron chi connectivity index (χ4n) is 1.18. The Morgan fingerprint density at radius 2 is 2.23 bits per heavy atom. The molecule has 0 atom stereocenters. The Kier molecular flexibility index (Phi) is 2.78. The molecule has 4 heteroatoms. The van der Waals surface area contributed by atoms with E-state index >= 15 is 0 Å². The van der Waals surface area contributed by atoms with Gasteiger partial charge in [0, 0.05) is 19.0 Å². The molecule has 0 fully saturated rings. The average Bonchev–Trinajstić information content (AvgIpc) is 2.47. The van der Waals surface area contributed by atoms with Gasteiger partial charge in [0.2, 0.25) is 0 Å². The van der Waals surface area contributed by atoms with E-state index in [0.717, 1.165) is 24.2 Å². The number of hydrogen-bond acceptors (Lipinski definition) is 2. The number of benzene rings is 1. The number of aliphatic hydroxyl groups is 1. The molecule has 0 aliphatic rings. The third-order valence-corrected chi connectivity index (χ3v) is 4.26. The molecule has 2 aromatic rings. The molecule has 13 heavy (non-hydrogen) atoms. The van der Waals surface area contributed by atoms with Crippen LogP contribution in [0.2, 0.25) is 5.02 Å². The third-order valence-electron chi connectivity index (χ3n) is 1.87. The highest BCUT2D eigenvalue weighted by atomic mass is 127. The SMILES string of the molecule is OCc1cc2scc(Cl)c2cc1I. The minimum Gasteiger partial charge on any atom is -0.392 e. The number of fused-ring (bicyclic) bond motifs is 1. The zero-order valence-corrected chi connectivity index (χ0v) is 10.3. The van der Waals surface area contributed by atoms with Crippen molar-refractivity contribution in [1.29, 1.82) is 0 Å². The quantitative estimate of drug-likeness (QED) is 0.794. The van der Waals surface area contributed by atoms with E-state index in [1.54, 1.807) is 11.3 Å². The van der Waals surface area contributed by atoms with Gasteiger partial charge >= 0.3 is 0 Å². The predicted molar refractivity (Wildman–Crippen MR) is 65.5 cm³/mol. The fraction of sp³-hybridized carbons (Fsp3) is 0.111. The van der Waals surface area contributed by atoms with Gasteiger partial charge in [-0.2, -0.15) is 0 Å². The van der Waals surface area contributed by atoms with Gasteiger partial charge in [-0.25, -0.2) is 0 Å². The van der Waals surface area contributed by atoms with Crippen LogP contribution in [-0.4, -0.2) is 5.11 Å². The summed E-state index contributed by atoms with van der Waals surface area (Å²) in [6.45, 7) is 0.0870. The zero-order chi connectivity index (χ0) is 9.42. The van der Waals surface area contributed by atoms with E-state index in [0.29, 0.717) is 0 Å². The predicted octanol–water partition coefficient (Wildman–Crippen LogP) is 3.65. The van der Waals surface area contributed by atoms with Crippen LogP contribution in [-0.2, 0) is 6.61 Å². The molecule has 0 spiro atoms. The van der Waals surface area contributed by atoms with Crippen LogP contribution >= 0.6 is 45.5 Å². The normalized spacial score (nSPS) is 11.0. The second-order valence-corrected chi connectivity index (χ2v) is 5.16. The van der Waals surface area contributed by atoms with Gasteiger partial charge in [0.25, 0.3) is 0 Å². The Morgan fingerprint density at radius 3 is 2.92 bits per heavy atom. The van der Waals surface area contributed by atoms with Crippen LogP contribution in [0.25, 0.3) is 10.1 Å². The maximum absolute atomic E-state index is 9.05. The Labute approximate surface area is 98.5 Å². The first-order valence-electron chi connectivity index (χ1n) is 3.68. The molecule has 1 aromatic heterocycles. The number of halogens is 2. The van der Waals surface area contributed by atoms with Gasteiger partial charge in [0.15, 0.2) is 0 Å². The molecule has 0 radical (unpaired) electrons. The van der Waals surface area contributed by atoms with Crippen molar-refractivity contribution in [3.8, 4) is 0 Å². The molecule has 1 nitrogen and oxygen atoms in total. The van der Waals surface area contributed by atoms with Crippen LogP contribution in [0.4, 0.5) is 0 Å². The van der Waals surface area contributed by atoms with Gasteiger partial charge < -0.3 is 5.11 Å². The molecule has 0 aliphatic heterocycles. The fourth-order valence-corrected chi connectivity index (χ4v) is 3.03. The van der Waals surface area contributed by atoms with Gasteiger partial charge in [-0.15, -0.1) is 11.3 Å². The van der Waals surface area contributed by atoms with Crippen LogP contribution in [0.5, 0.6) is 0 Å². The Morgan fingerprint density at radius 1 is 1.46 bits per heavy atom. The zero-order valence-electron chi connectivity index (χ0n) is 6.55. The maximum Gasteiger partial charge on any atom is 0.0692 e. The molecule has 1 heterocycles. The molecule has 0 unspecified atom stereocenters. The minimum absolute atomic E-state index is 0.0870. The molecule has 1 N–H and O–H groups in total. The minimum atomic E-state index is 0.0870. The average molecular weight is 325 g/mol. The highest BCUT2D eigenvalue weighted by molar-refractivity contribution is 14.1. The number of hydrogen-bond donors (Lipinski definition) is 1. The smallest absolute Gasteiger partial charge is 0.0692 e. The molecule has 1 aromatic carbocycles. The lowest BCUT2D eigenvalue weighted by Gasteiger charge is -2.00. The van der Waals surface area contributed by atoms with Crippen molar-refractivity contribution >= 4 is 55.6 Å². The largest absolute Gasteiger partial charge is 0.392 e. The number of rotatable bonds is 1. The highest BCUT2D eigenvalue weighted by Crippen LogP contribution is 2.32. The van der Waals surface area contributed by atoms with E-state index in [-0.39, 0.29) is 6.61 Å². The molecule has 0 saturated heterocycles. The van der Waals surface area contributed by atoms with Gasteiger partial charge in [-0.3, -0.25) is 0 Å². The molecule has 0 saturated carbocycles. The first-order valence-corrected chi connectivity index (χ1v) is 6.02. The molecule has 2 rings (SSSR count). The van der Waals surface area contributed by atoms with Crippen molar-refractivity contribution < 1.29 is 5.11 Å². The molecular weight excluding hydrogens is 319 g/mol. The molecular formula is C9H6ClIOS. The van der Waals surface area contributed by atoms with E-state index in [4.69, 9.17) is 16.7 Å². The number of thiophene rings is 1. The van der Waals surface area contributed by atoms with E-state index in [1.165, 1.54) is 0 Å². The summed E-state index contributed by atoms with van der Waals surface area (Å²) >= 11 is 9.80. The molecule has 0 amide bonds. The van der Waals surface area contributed by atoms with Crippen molar-refractivity contribution in [3.63, 3.8) is 0 Å². The second-order valence-electron chi connectivity index (χ2n) is 2.68. The third kappa shape index (κ3) is 1.70. The van der Waals surface area contributed by atoms with Crippen molar-refractivity contribution in [2.75, 3.05) is 0 Å². The summed E-state index contributed by atoms with van der Waals surface area (Å²) in [6, 6.07) is 4.01. The summed E-state index contributed by atoms with van der Waals surface area (Å²) in [4.78, 5) is 0. The Hall–Kier alpha value is 0.160. The molecule has 0 bridgehead atoms. The summed E-state index contributed by atoms with van der Waals surface area (Å²) < 4.78 is 2.20. The topological polar surface area (TPSA) is 20.2 Å². The monoisotopic (exact) mass is 324 g/mol. The van der Waals surface area contributed by atoms with Crippen LogP contribution < -0.4 is 0 Å². The van der Waals surface area contributed by atoms with Crippen molar-refractivity contribution in [2.24, 2.45) is 0 Å². The summed E-state index contributed by atoms with van der Waals surface area (Å²) in [5.41, 5.74) is 0.964. The van der Waals surface area contributed by atoms with Crippen LogP contribution in [0.15, 0.2) is 17.5 Å².